The molecular formula is C47H29N3. The van der Waals surface area contributed by atoms with Crippen molar-refractivity contribution in [2.75, 3.05) is 0 Å². The van der Waals surface area contributed by atoms with E-state index in [9.17, 15) is 0 Å². The van der Waals surface area contributed by atoms with Crippen LogP contribution < -0.4 is 0 Å². The Morgan fingerprint density at radius 3 is 1.26 bits per heavy atom. The van der Waals surface area contributed by atoms with E-state index >= 15 is 0 Å². The SMILES string of the molecule is c1ccc2cc(-c3ccc(-c4nc(-c5ccc6ccccc6c5)nc(-c5ccc6c(ccc7c8ccccc8ccc67)c5)n4)cc3)ccc2c1. The van der Waals surface area contributed by atoms with Gasteiger partial charge in [0.1, 0.15) is 0 Å². The van der Waals surface area contributed by atoms with Gasteiger partial charge in [-0.2, -0.15) is 0 Å². The highest BCUT2D eigenvalue weighted by atomic mass is 15.0. The first kappa shape index (κ1) is 28.3. The Morgan fingerprint density at radius 1 is 0.220 bits per heavy atom. The van der Waals surface area contributed by atoms with Crippen molar-refractivity contribution in [1.82, 2.24) is 15.0 Å². The van der Waals surface area contributed by atoms with E-state index < -0.39 is 0 Å². The molecule has 0 saturated heterocycles. The van der Waals surface area contributed by atoms with Gasteiger partial charge in [-0.3, -0.25) is 0 Å². The number of rotatable bonds is 4. The Balaban J connectivity index is 1.10. The zero-order valence-corrected chi connectivity index (χ0v) is 27.1. The summed E-state index contributed by atoms with van der Waals surface area (Å²) < 4.78 is 0. The molecule has 0 saturated carbocycles. The lowest BCUT2D eigenvalue weighted by atomic mass is 9.96. The van der Waals surface area contributed by atoms with E-state index in [2.05, 4.69) is 176 Å². The lowest BCUT2D eigenvalue weighted by molar-refractivity contribution is 1.08. The average Bonchev–Trinajstić information content (AvgIpc) is 3.20. The van der Waals surface area contributed by atoms with Crippen LogP contribution in [0, 0.1) is 0 Å². The second kappa shape index (κ2) is 11.5. The first-order valence-electron chi connectivity index (χ1n) is 16.9. The molecule has 1 heterocycles. The van der Waals surface area contributed by atoms with Crippen molar-refractivity contribution in [1.29, 1.82) is 0 Å². The maximum absolute atomic E-state index is 5.09. The van der Waals surface area contributed by atoms with Gasteiger partial charge in [0.2, 0.25) is 0 Å². The predicted molar refractivity (Wildman–Crippen MR) is 209 cm³/mol. The summed E-state index contributed by atoms with van der Waals surface area (Å²) in [5, 5.41) is 12.2. The summed E-state index contributed by atoms with van der Waals surface area (Å²) in [6.45, 7) is 0. The van der Waals surface area contributed by atoms with Crippen LogP contribution >= 0.6 is 0 Å². The lowest BCUT2D eigenvalue weighted by Gasteiger charge is -2.11. The van der Waals surface area contributed by atoms with Crippen molar-refractivity contribution >= 4 is 53.9 Å². The Kier molecular flexibility index (Phi) is 6.49. The van der Waals surface area contributed by atoms with Gasteiger partial charge in [0.15, 0.2) is 17.5 Å². The maximum Gasteiger partial charge on any atom is 0.164 e. The third kappa shape index (κ3) is 4.87. The maximum atomic E-state index is 5.09. The molecule has 10 aromatic rings. The third-order valence-corrected chi connectivity index (χ3v) is 9.87. The largest absolute Gasteiger partial charge is 0.208 e. The Labute approximate surface area is 289 Å². The first-order chi connectivity index (χ1) is 24.7. The molecule has 3 nitrogen and oxygen atoms in total. The van der Waals surface area contributed by atoms with Gasteiger partial charge < -0.3 is 0 Å². The molecule has 0 aliphatic rings. The fourth-order valence-corrected chi connectivity index (χ4v) is 7.24. The number of aromatic nitrogens is 3. The van der Waals surface area contributed by atoms with Crippen molar-refractivity contribution < 1.29 is 0 Å². The first-order valence-corrected chi connectivity index (χ1v) is 16.9. The molecule has 0 aliphatic carbocycles. The van der Waals surface area contributed by atoms with Crippen molar-refractivity contribution in [3.8, 4) is 45.3 Å². The summed E-state index contributed by atoms with van der Waals surface area (Å²) in [7, 11) is 0. The van der Waals surface area contributed by atoms with E-state index in [0.717, 1.165) is 33.0 Å². The molecule has 0 amide bonds. The Hall–Kier alpha value is -6.71. The van der Waals surface area contributed by atoms with Crippen molar-refractivity contribution in [2.45, 2.75) is 0 Å². The average molecular weight is 636 g/mol. The van der Waals surface area contributed by atoms with Crippen LogP contribution in [0.4, 0.5) is 0 Å². The number of benzene rings is 9. The van der Waals surface area contributed by atoms with Gasteiger partial charge in [-0.1, -0.05) is 158 Å². The minimum absolute atomic E-state index is 0.647. The molecule has 0 atom stereocenters. The van der Waals surface area contributed by atoms with E-state index in [1.54, 1.807) is 0 Å². The molecule has 0 unspecified atom stereocenters. The van der Waals surface area contributed by atoms with Gasteiger partial charge >= 0.3 is 0 Å². The molecule has 9 aromatic carbocycles. The van der Waals surface area contributed by atoms with Crippen molar-refractivity contribution in [3.05, 3.63) is 176 Å². The smallest absolute Gasteiger partial charge is 0.164 e. The van der Waals surface area contributed by atoms with Gasteiger partial charge in [-0.25, -0.2) is 15.0 Å². The topological polar surface area (TPSA) is 38.7 Å². The second-order valence-corrected chi connectivity index (χ2v) is 12.9. The summed E-state index contributed by atoms with van der Waals surface area (Å²) in [5.41, 5.74) is 5.19. The summed E-state index contributed by atoms with van der Waals surface area (Å²) >= 11 is 0. The highest BCUT2D eigenvalue weighted by Crippen LogP contribution is 2.34. The number of fused-ring (bicyclic) bond motifs is 7. The van der Waals surface area contributed by atoms with Crippen LogP contribution in [0.3, 0.4) is 0 Å². The molecule has 0 spiro atoms. The number of nitrogens with zero attached hydrogens (tertiary/aromatic N) is 3. The van der Waals surface area contributed by atoms with Gasteiger partial charge in [0.05, 0.1) is 0 Å². The fourth-order valence-electron chi connectivity index (χ4n) is 7.24. The number of hydrogen-bond donors (Lipinski definition) is 0. The third-order valence-electron chi connectivity index (χ3n) is 9.87. The monoisotopic (exact) mass is 635 g/mol. The molecule has 3 heteroatoms. The fraction of sp³-hybridized carbons (Fsp3) is 0. The highest BCUT2D eigenvalue weighted by molar-refractivity contribution is 6.17. The van der Waals surface area contributed by atoms with E-state index in [4.69, 9.17) is 15.0 Å². The van der Waals surface area contributed by atoms with Gasteiger partial charge in [-0.05, 0) is 83.2 Å². The van der Waals surface area contributed by atoms with Crippen LogP contribution in [0.5, 0.6) is 0 Å². The molecule has 0 bridgehead atoms. The summed E-state index contributed by atoms with van der Waals surface area (Å²) in [6, 6.07) is 62.4. The lowest BCUT2D eigenvalue weighted by Crippen LogP contribution is -2.00. The van der Waals surface area contributed by atoms with Gasteiger partial charge in [0.25, 0.3) is 0 Å². The molecule has 232 valence electrons. The second-order valence-electron chi connectivity index (χ2n) is 12.9. The highest BCUT2D eigenvalue weighted by Gasteiger charge is 2.15. The van der Waals surface area contributed by atoms with Crippen LogP contribution in [-0.2, 0) is 0 Å². The molecular weight excluding hydrogens is 607 g/mol. The van der Waals surface area contributed by atoms with Crippen LogP contribution in [0.15, 0.2) is 176 Å². The zero-order valence-electron chi connectivity index (χ0n) is 27.1. The number of hydrogen-bond acceptors (Lipinski definition) is 3. The predicted octanol–water partition coefficient (Wildman–Crippen LogP) is 12.3. The summed E-state index contributed by atoms with van der Waals surface area (Å²) in [6.07, 6.45) is 0. The molecule has 0 radical (unpaired) electrons. The quantitative estimate of drug-likeness (QED) is 0.181. The molecule has 10 rings (SSSR count). The molecule has 0 aliphatic heterocycles. The molecule has 0 fully saturated rings. The zero-order chi connectivity index (χ0) is 33.0. The van der Waals surface area contributed by atoms with Crippen molar-refractivity contribution in [2.24, 2.45) is 0 Å². The van der Waals surface area contributed by atoms with Crippen LogP contribution in [0.1, 0.15) is 0 Å². The Bertz CT molecular complexity index is 2930. The van der Waals surface area contributed by atoms with E-state index in [1.807, 2.05) is 0 Å². The normalized spacial score (nSPS) is 11.6. The minimum Gasteiger partial charge on any atom is -0.208 e. The molecule has 50 heavy (non-hydrogen) atoms. The van der Waals surface area contributed by atoms with Crippen LogP contribution in [0.2, 0.25) is 0 Å². The standard InChI is InChI=1S/C47H29N3/c1-3-10-35-27-37(19-15-30(35)7-1)32-13-17-34(18-14-32)45-48-46(39-20-16-31-8-2-4-11-36(31)28-39)50-47(49-45)40-23-24-42-38(29-40)22-26-43-41-12-6-5-9-33(41)21-25-44(42)43/h1-29H. The minimum atomic E-state index is 0.647. The summed E-state index contributed by atoms with van der Waals surface area (Å²) in [4.78, 5) is 15.2. The van der Waals surface area contributed by atoms with E-state index in [0.29, 0.717) is 17.5 Å². The van der Waals surface area contributed by atoms with Gasteiger partial charge in [-0.15, -0.1) is 0 Å². The molecule has 1 aromatic heterocycles. The van der Waals surface area contributed by atoms with E-state index in [-0.39, 0.29) is 0 Å². The Morgan fingerprint density at radius 2 is 0.600 bits per heavy atom. The summed E-state index contributed by atoms with van der Waals surface area (Å²) in [5.74, 6) is 1.95. The van der Waals surface area contributed by atoms with Gasteiger partial charge in [0, 0.05) is 16.7 Å². The van der Waals surface area contributed by atoms with Crippen LogP contribution in [-0.4, -0.2) is 15.0 Å². The van der Waals surface area contributed by atoms with Crippen LogP contribution in [0.25, 0.3) is 99.2 Å². The molecule has 0 N–H and O–H groups in total. The van der Waals surface area contributed by atoms with E-state index in [1.165, 1.54) is 48.7 Å². The van der Waals surface area contributed by atoms with Crippen molar-refractivity contribution in [3.63, 3.8) is 0 Å².